The molecule has 0 unspecified atom stereocenters. The summed E-state index contributed by atoms with van der Waals surface area (Å²) in [5, 5.41) is 8.83. The van der Waals surface area contributed by atoms with Crippen molar-refractivity contribution >= 4 is 28.2 Å². The molecule has 0 aliphatic rings. The molecule has 2 aromatic rings. The molecule has 0 spiro atoms. The van der Waals surface area contributed by atoms with E-state index in [0.717, 1.165) is 17.1 Å². The summed E-state index contributed by atoms with van der Waals surface area (Å²) in [6, 6.07) is 0. The molecule has 15 heavy (non-hydrogen) atoms. The van der Waals surface area contributed by atoms with Crippen LogP contribution in [0, 0.1) is 6.92 Å². The second-order valence-corrected chi connectivity index (χ2v) is 4.14. The summed E-state index contributed by atoms with van der Waals surface area (Å²) in [5.41, 5.74) is 1.03. The fraction of sp³-hybridized carbons (Fsp3) is 0.444. The van der Waals surface area contributed by atoms with Crippen LogP contribution in [-0.4, -0.2) is 20.5 Å². The first-order valence-corrected chi connectivity index (χ1v) is 5.69. The number of nitrogens with one attached hydrogen (secondary N) is 1. The first-order chi connectivity index (χ1) is 7.20. The van der Waals surface area contributed by atoms with E-state index in [1.807, 2.05) is 19.2 Å². The first-order valence-electron chi connectivity index (χ1n) is 4.81. The number of nitrogens with zero attached hydrogens (tertiary/aromatic N) is 3. The van der Waals surface area contributed by atoms with Gasteiger partial charge in [-0.15, -0.1) is 16.4 Å². The van der Waals surface area contributed by atoms with Crippen molar-refractivity contribution in [2.45, 2.75) is 26.7 Å². The van der Waals surface area contributed by atoms with E-state index in [4.69, 9.17) is 0 Å². The van der Waals surface area contributed by atoms with Crippen LogP contribution in [0.5, 0.6) is 0 Å². The number of aryl methyl sites for hydroxylation is 1. The predicted octanol–water partition coefficient (Wildman–Crippen LogP) is 1.84. The Bertz CT molecular complexity index is 487. The Kier molecular flexibility index (Phi) is 2.68. The quantitative estimate of drug-likeness (QED) is 0.865. The third-order valence-electron chi connectivity index (χ3n) is 1.97. The minimum atomic E-state index is -0.0339. The van der Waals surface area contributed by atoms with Crippen LogP contribution in [0.1, 0.15) is 25.5 Å². The van der Waals surface area contributed by atoms with E-state index >= 15 is 0 Å². The zero-order valence-electron chi connectivity index (χ0n) is 8.65. The standard InChI is InChI=1S/C9H12N4OS/c1-3-4-7(14)10-8-11-9-13(12-8)6(2)5-15-9/h5H,3-4H2,1-2H3,(H,10,12,14). The topological polar surface area (TPSA) is 59.3 Å². The predicted molar refractivity (Wildman–Crippen MR) is 59.1 cm³/mol. The largest absolute Gasteiger partial charge is 0.293 e. The Morgan fingerprint density at radius 1 is 1.67 bits per heavy atom. The third-order valence-corrected chi connectivity index (χ3v) is 2.91. The summed E-state index contributed by atoms with van der Waals surface area (Å²) in [4.78, 5) is 16.3. The fourth-order valence-electron chi connectivity index (χ4n) is 1.26. The van der Waals surface area contributed by atoms with E-state index in [2.05, 4.69) is 15.4 Å². The van der Waals surface area contributed by atoms with Crippen LogP contribution in [0.4, 0.5) is 5.95 Å². The van der Waals surface area contributed by atoms with E-state index in [1.54, 1.807) is 4.52 Å². The Morgan fingerprint density at radius 2 is 2.47 bits per heavy atom. The monoisotopic (exact) mass is 224 g/mol. The lowest BCUT2D eigenvalue weighted by molar-refractivity contribution is -0.116. The minimum absolute atomic E-state index is 0.0339. The second-order valence-electron chi connectivity index (χ2n) is 3.31. The van der Waals surface area contributed by atoms with Crippen LogP contribution < -0.4 is 5.32 Å². The van der Waals surface area contributed by atoms with Crippen molar-refractivity contribution in [2.24, 2.45) is 0 Å². The van der Waals surface area contributed by atoms with E-state index in [9.17, 15) is 4.79 Å². The SMILES string of the molecule is CCCC(=O)Nc1nc2scc(C)n2n1. The first kappa shape index (κ1) is 10.1. The number of anilines is 1. The van der Waals surface area contributed by atoms with E-state index in [1.165, 1.54) is 11.3 Å². The van der Waals surface area contributed by atoms with Crippen molar-refractivity contribution in [3.8, 4) is 0 Å². The third kappa shape index (κ3) is 1.99. The Balaban J connectivity index is 2.18. The van der Waals surface area contributed by atoms with Crippen molar-refractivity contribution in [3.63, 3.8) is 0 Å². The number of carbonyl (C=O) groups excluding carboxylic acids is 1. The number of aromatic nitrogens is 3. The number of rotatable bonds is 3. The van der Waals surface area contributed by atoms with E-state index < -0.39 is 0 Å². The summed E-state index contributed by atoms with van der Waals surface area (Å²) < 4.78 is 1.73. The average molecular weight is 224 g/mol. The molecule has 0 bridgehead atoms. The lowest BCUT2D eigenvalue weighted by atomic mass is 10.3. The fourth-order valence-corrected chi connectivity index (χ4v) is 2.06. The zero-order valence-corrected chi connectivity index (χ0v) is 9.47. The van der Waals surface area contributed by atoms with Gasteiger partial charge in [-0.05, 0) is 13.3 Å². The molecule has 0 fully saturated rings. The van der Waals surface area contributed by atoms with Gasteiger partial charge in [-0.1, -0.05) is 6.92 Å². The molecule has 1 amide bonds. The number of hydrogen-bond donors (Lipinski definition) is 1. The van der Waals surface area contributed by atoms with Crippen molar-refractivity contribution in [3.05, 3.63) is 11.1 Å². The molecule has 80 valence electrons. The highest BCUT2D eigenvalue weighted by Crippen LogP contribution is 2.15. The molecular formula is C9H12N4OS. The summed E-state index contributed by atoms with van der Waals surface area (Å²) in [7, 11) is 0. The maximum Gasteiger partial charge on any atom is 0.250 e. The Hall–Kier alpha value is -1.43. The van der Waals surface area contributed by atoms with Gasteiger partial charge >= 0.3 is 0 Å². The highest BCUT2D eigenvalue weighted by Gasteiger charge is 2.09. The summed E-state index contributed by atoms with van der Waals surface area (Å²) in [6.45, 7) is 3.92. The van der Waals surface area contributed by atoms with Crippen LogP contribution in [-0.2, 0) is 4.79 Å². The molecule has 0 atom stereocenters. The number of fused-ring (bicyclic) bond motifs is 1. The van der Waals surface area contributed by atoms with Gasteiger partial charge in [-0.2, -0.15) is 4.98 Å². The zero-order chi connectivity index (χ0) is 10.8. The van der Waals surface area contributed by atoms with Gasteiger partial charge in [0.1, 0.15) is 0 Å². The number of thiazole rings is 1. The molecule has 2 heterocycles. The van der Waals surface area contributed by atoms with E-state index in [0.29, 0.717) is 12.4 Å². The summed E-state index contributed by atoms with van der Waals surface area (Å²) in [5.74, 6) is 0.358. The molecule has 2 rings (SSSR count). The molecule has 5 nitrogen and oxygen atoms in total. The van der Waals surface area contributed by atoms with Gasteiger partial charge in [0.15, 0.2) is 0 Å². The number of hydrogen-bond acceptors (Lipinski definition) is 4. The van der Waals surface area contributed by atoms with Crippen LogP contribution in [0.2, 0.25) is 0 Å². The number of carbonyl (C=O) groups is 1. The molecule has 1 N–H and O–H groups in total. The van der Waals surface area contributed by atoms with E-state index in [-0.39, 0.29) is 5.91 Å². The van der Waals surface area contributed by atoms with Crippen molar-refractivity contribution in [1.29, 1.82) is 0 Å². The molecule has 0 aliphatic heterocycles. The molecule has 0 aliphatic carbocycles. The molecule has 0 saturated carbocycles. The lowest BCUT2D eigenvalue weighted by Gasteiger charge is -1.96. The van der Waals surface area contributed by atoms with Crippen molar-refractivity contribution < 1.29 is 4.79 Å². The Morgan fingerprint density at radius 3 is 3.13 bits per heavy atom. The highest BCUT2D eigenvalue weighted by atomic mass is 32.1. The van der Waals surface area contributed by atoms with Crippen LogP contribution >= 0.6 is 11.3 Å². The summed E-state index contributed by atoms with van der Waals surface area (Å²) in [6.07, 6.45) is 1.33. The summed E-state index contributed by atoms with van der Waals surface area (Å²) >= 11 is 1.51. The maximum absolute atomic E-state index is 11.3. The second kappa shape index (κ2) is 3.98. The average Bonchev–Trinajstić information content (AvgIpc) is 2.69. The molecule has 6 heteroatoms. The number of amides is 1. The molecule has 0 radical (unpaired) electrons. The van der Waals surface area contributed by atoms with Crippen molar-refractivity contribution in [2.75, 3.05) is 5.32 Å². The molecule has 0 aromatic carbocycles. The van der Waals surface area contributed by atoms with Crippen molar-refractivity contribution in [1.82, 2.24) is 14.6 Å². The highest BCUT2D eigenvalue weighted by molar-refractivity contribution is 7.15. The van der Waals surface area contributed by atoms with Gasteiger partial charge in [-0.3, -0.25) is 10.1 Å². The van der Waals surface area contributed by atoms with Gasteiger partial charge in [0.05, 0.1) is 5.69 Å². The normalized spacial score (nSPS) is 10.8. The van der Waals surface area contributed by atoms with Gasteiger partial charge in [0.25, 0.3) is 0 Å². The smallest absolute Gasteiger partial charge is 0.250 e. The van der Waals surface area contributed by atoms with Gasteiger partial charge in [0.2, 0.25) is 16.8 Å². The van der Waals surface area contributed by atoms with Crippen LogP contribution in [0.3, 0.4) is 0 Å². The maximum atomic E-state index is 11.3. The Labute approximate surface area is 91.1 Å². The molecule has 2 aromatic heterocycles. The minimum Gasteiger partial charge on any atom is -0.293 e. The van der Waals surface area contributed by atoms with Gasteiger partial charge in [0, 0.05) is 11.8 Å². The molecular weight excluding hydrogens is 212 g/mol. The van der Waals surface area contributed by atoms with Crippen LogP contribution in [0.15, 0.2) is 5.38 Å². The lowest BCUT2D eigenvalue weighted by Crippen LogP contribution is -2.11. The van der Waals surface area contributed by atoms with Gasteiger partial charge in [-0.25, -0.2) is 4.52 Å². The van der Waals surface area contributed by atoms with Crippen LogP contribution in [0.25, 0.3) is 4.96 Å². The molecule has 0 saturated heterocycles. The van der Waals surface area contributed by atoms with Gasteiger partial charge < -0.3 is 0 Å².